The third-order valence-electron chi connectivity index (χ3n) is 5.67. The first-order chi connectivity index (χ1) is 14.5. The molecule has 0 aliphatic carbocycles. The molecule has 5 heteroatoms. The normalized spacial score (nSPS) is 19.0. The van der Waals surface area contributed by atoms with E-state index in [1.54, 1.807) is 0 Å². The van der Waals surface area contributed by atoms with Gasteiger partial charge in [0.1, 0.15) is 0 Å². The molecule has 3 atom stereocenters. The van der Waals surface area contributed by atoms with E-state index >= 15 is 0 Å². The molecule has 1 N–H and O–H groups in total. The highest BCUT2D eigenvalue weighted by molar-refractivity contribution is 5.79. The minimum absolute atomic E-state index is 0.0354. The van der Waals surface area contributed by atoms with Crippen LogP contribution in [0.15, 0.2) is 54.6 Å². The number of aryl methyl sites for hydroxylation is 1. The molecule has 164 valence electrons. The fourth-order valence-corrected chi connectivity index (χ4v) is 3.61. The maximum absolute atomic E-state index is 12.2. The summed E-state index contributed by atoms with van der Waals surface area (Å²) < 4.78 is 4.62. The maximum atomic E-state index is 12.2. The molecule has 1 aliphatic heterocycles. The van der Waals surface area contributed by atoms with Crippen molar-refractivity contribution in [3.8, 4) is 0 Å². The van der Waals surface area contributed by atoms with Crippen molar-refractivity contribution in [2.75, 3.05) is 13.7 Å². The minimum Gasteiger partial charge on any atom is -0.469 e. The zero-order valence-corrected chi connectivity index (χ0v) is 18.2. The van der Waals surface area contributed by atoms with E-state index in [1.165, 1.54) is 12.7 Å². The topological polar surface area (TPSA) is 66.8 Å². The van der Waals surface area contributed by atoms with Gasteiger partial charge in [0.15, 0.2) is 0 Å². The summed E-state index contributed by atoms with van der Waals surface area (Å²) in [6.45, 7) is 2.62. The molecule has 1 aliphatic rings. The highest BCUT2D eigenvalue weighted by Gasteiger charge is 2.28. The standard InChI is InChI=1S/C25H35NO4/c1-20(13-14-21-10-6-5-7-11-21)23(27)17-15-22-16-18-24(28)26(22)19-9-4-3-8-12-25(29)30-2/h4-7,9-11,15,17,20,22-23,27H,3,8,12-14,16,18-19H2,1-2H3/t20-,22-,23+/m0/s1. The number of ether oxygens (including phenoxy) is 1. The van der Waals surface area contributed by atoms with E-state index < -0.39 is 6.10 Å². The Labute approximate surface area is 180 Å². The summed E-state index contributed by atoms with van der Waals surface area (Å²) in [5.41, 5.74) is 1.28. The van der Waals surface area contributed by atoms with Crippen LogP contribution in [0.1, 0.15) is 51.0 Å². The smallest absolute Gasteiger partial charge is 0.305 e. The molecule has 1 amide bonds. The highest BCUT2D eigenvalue weighted by Crippen LogP contribution is 2.21. The summed E-state index contributed by atoms with van der Waals surface area (Å²) in [5.74, 6) is 0.108. The SMILES string of the molecule is COC(=O)CCCC=CCN1C(=O)CC[C@@H]1C=C[C@@H](O)[C@@H](C)CCc1ccccc1. The number of methoxy groups -OCH3 is 1. The molecule has 1 fully saturated rings. The number of unbranched alkanes of at least 4 members (excludes halogenated alkanes) is 1. The van der Waals surface area contributed by atoms with Gasteiger partial charge in [0.2, 0.25) is 5.91 Å². The van der Waals surface area contributed by atoms with Crippen molar-refractivity contribution in [3.63, 3.8) is 0 Å². The molecular formula is C25H35NO4. The second-order valence-corrected chi connectivity index (χ2v) is 7.97. The van der Waals surface area contributed by atoms with E-state index in [4.69, 9.17) is 0 Å². The number of aliphatic hydroxyl groups excluding tert-OH is 1. The lowest BCUT2D eigenvalue weighted by Gasteiger charge is -2.22. The van der Waals surface area contributed by atoms with Crippen LogP contribution in [0.5, 0.6) is 0 Å². The number of nitrogens with zero attached hydrogens (tertiary/aromatic N) is 1. The average Bonchev–Trinajstić information content (AvgIpc) is 3.12. The predicted octanol–water partition coefficient (Wildman–Crippen LogP) is 4.06. The van der Waals surface area contributed by atoms with Crippen LogP contribution >= 0.6 is 0 Å². The van der Waals surface area contributed by atoms with Crippen LogP contribution in [0.25, 0.3) is 0 Å². The minimum atomic E-state index is -0.514. The Morgan fingerprint density at radius 3 is 2.80 bits per heavy atom. The summed E-state index contributed by atoms with van der Waals surface area (Å²) in [6.07, 6.45) is 12.5. The van der Waals surface area contributed by atoms with E-state index in [9.17, 15) is 14.7 Å². The molecular weight excluding hydrogens is 378 g/mol. The zero-order valence-electron chi connectivity index (χ0n) is 18.2. The van der Waals surface area contributed by atoms with Crippen LogP contribution in [-0.4, -0.2) is 47.7 Å². The van der Waals surface area contributed by atoms with Gasteiger partial charge in [-0.2, -0.15) is 0 Å². The molecule has 1 aromatic rings. The highest BCUT2D eigenvalue weighted by atomic mass is 16.5. The van der Waals surface area contributed by atoms with E-state index in [0.29, 0.717) is 19.4 Å². The van der Waals surface area contributed by atoms with E-state index in [0.717, 1.165) is 32.1 Å². The summed E-state index contributed by atoms with van der Waals surface area (Å²) in [7, 11) is 1.39. The lowest BCUT2D eigenvalue weighted by atomic mass is 9.95. The quantitative estimate of drug-likeness (QED) is 0.319. The Hall–Kier alpha value is -2.40. The maximum Gasteiger partial charge on any atom is 0.305 e. The number of rotatable bonds is 12. The monoisotopic (exact) mass is 413 g/mol. The fourth-order valence-electron chi connectivity index (χ4n) is 3.61. The molecule has 0 aromatic heterocycles. The Morgan fingerprint density at radius 1 is 1.30 bits per heavy atom. The number of hydrogen-bond acceptors (Lipinski definition) is 4. The summed E-state index contributed by atoms with van der Waals surface area (Å²) in [4.78, 5) is 25.2. The molecule has 0 bridgehead atoms. The van der Waals surface area contributed by atoms with Crippen LogP contribution in [0.3, 0.4) is 0 Å². The van der Waals surface area contributed by atoms with Gasteiger partial charge in [-0.1, -0.05) is 61.6 Å². The summed E-state index contributed by atoms with van der Waals surface area (Å²) in [5, 5.41) is 10.5. The van der Waals surface area contributed by atoms with Crippen molar-refractivity contribution in [1.82, 2.24) is 4.90 Å². The van der Waals surface area contributed by atoms with Gasteiger partial charge in [0.25, 0.3) is 0 Å². The summed E-state index contributed by atoms with van der Waals surface area (Å²) in [6, 6.07) is 10.3. The first-order valence-corrected chi connectivity index (χ1v) is 10.9. The molecule has 1 aromatic carbocycles. The zero-order chi connectivity index (χ0) is 21.8. The average molecular weight is 414 g/mol. The Kier molecular flexibility index (Phi) is 10.4. The second kappa shape index (κ2) is 13.0. The van der Waals surface area contributed by atoms with Crippen LogP contribution in [0.2, 0.25) is 0 Å². The Balaban J connectivity index is 1.76. The number of amides is 1. The first kappa shape index (κ1) is 23.9. The molecule has 0 saturated carbocycles. The number of aliphatic hydroxyl groups is 1. The van der Waals surface area contributed by atoms with Crippen LogP contribution in [0, 0.1) is 5.92 Å². The van der Waals surface area contributed by atoms with Gasteiger partial charge < -0.3 is 14.7 Å². The number of benzene rings is 1. The van der Waals surface area contributed by atoms with E-state index in [1.807, 2.05) is 47.4 Å². The van der Waals surface area contributed by atoms with Crippen molar-refractivity contribution < 1.29 is 19.4 Å². The molecule has 2 rings (SSSR count). The number of carbonyl (C=O) groups excluding carboxylic acids is 2. The molecule has 0 spiro atoms. The van der Waals surface area contributed by atoms with Gasteiger partial charge in [-0.3, -0.25) is 9.59 Å². The van der Waals surface area contributed by atoms with Crippen LogP contribution in [0.4, 0.5) is 0 Å². The third-order valence-corrected chi connectivity index (χ3v) is 5.67. The van der Waals surface area contributed by atoms with E-state index in [2.05, 4.69) is 23.8 Å². The Bertz CT molecular complexity index is 713. The van der Waals surface area contributed by atoms with Crippen molar-refractivity contribution >= 4 is 11.9 Å². The number of likely N-dealkylation sites (tertiary alicyclic amines) is 1. The van der Waals surface area contributed by atoms with Crippen LogP contribution < -0.4 is 0 Å². The molecule has 0 unspecified atom stereocenters. The van der Waals surface area contributed by atoms with Crippen molar-refractivity contribution in [3.05, 3.63) is 60.2 Å². The third kappa shape index (κ3) is 8.15. The van der Waals surface area contributed by atoms with Crippen molar-refractivity contribution in [2.24, 2.45) is 5.92 Å². The molecule has 5 nitrogen and oxygen atoms in total. The van der Waals surface area contributed by atoms with Gasteiger partial charge in [0, 0.05) is 19.4 Å². The number of esters is 1. The number of hydrogen-bond donors (Lipinski definition) is 1. The van der Waals surface area contributed by atoms with Gasteiger partial charge in [-0.05, 0) is 43.6 Å². The molecule has 30 heavy (non-hydrogen) atoms. The fraction of sp³-hybridized carbons (Fsp3) is 0.520. The van der Waals surface area contributed by atoms with Gasteiger partial charge in [0.05, 0.1) is 19.3 Å². The predicted molar refractivity (Wildman–Crippen MR) is 119 cm³/mol. The van der Waals surface area contributed by atoms with Gasteiger partial charge >= 0.3 is 5.97 Å². The second-order valence-electron chi connectivity index (χ2n) is 7.97. The largest absolute Gasteiger partial charge is 0.469 e. The van der Waals surface area contributed by atoms with E-state index in [-0.39, 0.29) is 23.8 Å². The lowest BCUT2D eigenvalue weighted by Crippen LogP contribution is -2.32. The molecule has 1 heterocycles. The molecule has 0 radical (unpaired) electrons. The number of allylic oxidation sites excluding steroid dienone is 1. The Morgan fingerprint density at radius 2 is 2.07 bits per heavy atom. The van der Waals surface area contributed by atoms with Gasteiger partial charge in [-0.25, -0.2) is 0 Å². The molecule has 1 saturated heterocycles. The van der Waals surface area contributed by atoms with Crippen molar-refractivity contribution in [2.45, 2.75) is 64.0 Å². The number of carbonyl (C=O) groups is 2. The summed E-state index contributed by atoms with van der Waals surface area (Å²) >= 11 is 0. The van der Waals surface area contributed by atoms with Gasteiger partial charge in [-0.15, -0.1) is 0 Å². The van der Waals surface area contributed by atoms with Crippen LogP contribution in [-0.2, 0) is 20.7 Å². The lowest BCUT2D eigenvalue weighted by molar-refractivity contribution is -0.140. The van der Waals surface area contributed by atoms with Crippen molar-refractivity contribution in [1.29, 1.82) is 0 Å². The first-order valence-electron chi connectivity index (χ1n) is 10.9.